The fourth-order valence-electron chi connectivity index (χ4n) is 3.02. The van der Waals surface area contributed by atoms with E-state index in [1.807, 2.05) is 19.1 Å². The summed E-state index contributed by atoms with van der Waals surface area (Å²) in [4.78, 5) is 31.7. The molecule has 136 valence electrons. The van der Waals surface area contributed by atoms with Gasteiger partial charge in [-0.1, -0.05) is 55.1 Å². The van der Waals surface area contributed by atoms with E-state index < -0.39 is 12.0 Å². The summed E-state index contributed by atoms with van der Waals surface area (Å²) in [5, 5.41) is 1.02. The van der Waals surface area contributed by atoms with Gasteiger partial charge >= 0.3 is 5.97 Å². The van der Waals surface area contributed by atoms with Crippen LogP contribution >= 0.6 is 23.4 Å². The van der Waals surface area contributed by atoms with E-state index in [0.29, 0.717) is 27.9 Å². The molecule has 3 rings (SSSR count). The number of hydrogen-bond acceptors (Lipinski definition) is 5. The Morgan fingerprint density at radius 3 is 2.73 bits per heavy atom. The van der Waals surface area contributed by atoms with E-state index in [2.05, 4.69) is 11.6 Å². The standard InChI is InChI=1S/C19H19ClN2O3S/c1-4-10-25-18(24)15-11(3)21-19-22(17(23)14(5-2)26-19)16(15)12-6-8-13(20)9-7-12/h4,6-9,14,16H,1,5,10H2,2-3H3/t14-,16-/m1/s1. The highest BCUT2D eigenvalue weighted by Gasteiger charge is 2.47. The summed E-state index contributed by atoms with van der Waals surface area (Å²) in [5.74, 6) is -0.541. The molecule has 0 aliphatic carbocycles. The molecule has 0 spiro atoms. The second kappa shape index (κ2) is 7.68. The van der Waals surface area contributed by atoms with Gasteiger partial charge in [-0.3, -0.25) is 9.69 Å². The molecule has 2 aliphatic rings. The highest BCUT2D eigenvalue weighted by atomic mass is 35.5. The molecular weight excluding hydrogens is 372 g/mol. The number of esters is 1. The van der Waals surface area contributed by atoms with Gasteiger partial charge in [0, 0.05) is 5.02 Å². The van der Waals surface area contributed by atoms with Crippen LogP contribution < -0.4 is 0 Å². The van der Waals surface area contributed by atoms with Crippen molar-refractivity contribution in [2.45, 2.75) is 31.6 Å². The van der Waals surface area contributed by atoms with Crippen LogP contribution in [-0.2, 0) is 14.3 Å². The maximum atomic E-state index is 12.9. The van der Waals surface area contributed by atoms with E-state index in [0.717, 1.165) is 5.56 Å². The highest BCUT2D eigenvalue weighted by Crippen LogP contribution is 2.44. The molecule has 0 saturated carbocycles. The molecule has 1 saturated heterocycles. The molecule has 5 nitrogen and oxygen atoms in total. The number of carbonyl (C=O) groups excluding carboxylic acids is 2. The zero-order valence-corrected chi connectivity index (χ0v) is 16.1. The summed E-state index contributed by atoms with van der Waals surface area (Å²) < 4.78 is 5.26. The third-order valence-electron chi connectivity index (χ3n) is 4.26. The molecule has 2 aliphatic heterocycles. The first-order valence-corrected chi connectivity index (χ1v) is 9.56. The Morgan fingerprint density at radius 2 is 2.12 bits per heavy atom. The molecule has 0 bridgehead atoms. The van der Waals surface area contributed by atoms with Crippen molar-refractivity contribution in [3.05, 3.63) is 58.8 Å². The monoisotopic (exact) mass is 390 g/mol. The Labute approximate surface area is 161 Å². The zero-order valence-electron chi connectivity index (χ0n) is 14.6. The van der Waals surface area contributed by atoms with Crippen molar-refractivity contribution in [3.8, 4) is 0 Å². The summed E-state index contributed by atoms with van der Waals surface area (Å²) in [5.41, 5.74) is 1.71. The predicted octanol–water partition coefficient (Wildman–Crippen LogP) is 4.11. The number of fused-ring (bicyclic) bond motifs is 1. The number of thioether (sulfide) groups is 1. The molecule has 26 heavy (non-hydrogen) atoms. The van der Waals surface area contributed by atoms with Crippen LogP contribution in [0.25, 0.3) is 0 Å². The van der Waals surface area contributed by atoms with Crippen molar-refractivity contribution >= 4 is 40.4 Å². The molecule has 1 amide bonds. The van der Waals surface area contributed by atoms with E-state index >= 15 is 0 Å². The van der Waals surface area contributed by atoms with Gasteiger partial charge in [0.2, 0.25) is 5.91 Å². The largest absolute Gasteiger partial charge is 0.458 e. The molecule has 1 aromatic rings. The molecule has 0 aromatic heterocycles. The first-order valence-electron chi connectivity index (χ1n) is 8.30. The Morgan fingerprint density at radius 1 is 1.42 bits per heavy atom. The number of aliphatic imine (C=N–C) groups is 1. The average Bonchev–Trinajstić information content (AvgIpc) is 2.94. The van der Waals surface area contributed by atoms with Crippen molar-refractivity contribution < 1.29 is 14.3 Å². The van der Waals surface area contributed by atoms with E-state index in [9.17, 15) is 9.59 Å². The van der Waals surface area contributed by atoms with E-state index in [-0.39, 0.29) is 17.8 Å². The molecule has 1 fully saturated rings. The van der Waals surface area contributed by atoms with Gasteiger partial charge in [0.15, 0.2) is 5.17 Å². The zero-order chi connectivity index (χ0) is 18.8. The maximum Gasteiger partial charge on any atom is 0.338 e. The van der Waals surface area contributed by atoms with Gasteiger partial charge in [-0.15, -0.1) is 0 Å². The second-order valence-electron chi connectivity index (χ2n) is 5.96. The van der Waals surface area contributed by atoms with Crippen molar-refractivity contribution in [1.82, 2.24) is 4.90 Å². The fourth-order valence-corrected chi connectivity index (χ4v) is 4.28. The molecule has 2 heterocycles. The lowest BCUT2D eigenvalue weighted by Crippen LogP contribution is -2.40. The summed E-state index contributed by atoms with van der Waals surface area (Å²) >= 11 is 7.45. The lowest BCUT2D eigenvalue weighted by molar-refractivity contribution is -0.139. The smallest absolute Gasteiger partial charge is 0.338 e. The minimum atomic E-state index is -0.575. The van der Waals surface area contributed by atoms with Crippen molar-refractivity contribution in [3.63, 3.8) is 0 Å². The van der Waals surface area contributed by atoms with Crippen LogP contribution in [0, 0.1) is 0 Å². The lowest BCUT2D eigenvalue weighted by Gasteiger charge is -2.33. The van der Waals surface area contributed by atoms with Crippen LogP contribution in [0.4, 0.5) is 0 Å². The van der Waals surface area contributed by atoms with Crippen molar-refractivity contribution in [1.29, 1.82) is 0 Å². The Kier molecular flexibility index (Phi) is 5.53. The Balaban J connectivity index is 2.10. The first kappa shape index (κ1) is 18.7. The van der Waals surface area contributed by atoms with Crippen LogP contribution in [0.2, 0.25) is 5.02 Å². The topological polar surface area (TPSA) is 59.0 Å². The van der Waals surface area contributed by atoms with Gasteiger partial charge in [-0.2, -0.15) is 0 Å². The van der Waals surface area contributed by atoms with Crippen LogP contribution in [0.15, 0.2) is 53.2 Å². The molecule has 0 radical (unpaired) electrons. The molecule has 2 atom stereocenters. The number of amidine groups is 1. The Bertz CT molecular complexity index is 817. The molecular formula is C19H19ClN2O3S. The minimum absolute atomic E-state index is 0.0438. The summed E-state index contributed by atoms with van der Waals surface area (Å²) in [7, 11) is 0. The molecule has 7 heteroatoms. The maximum absolute atomic E-state index is 12.9. The highest BCUT2D eigenvalue weighted by molar-refractivity contribution is 8.15. The number of benzene rings is 1. The summed E-state index contributed by atoms with van der Waals surface area (Å²) in [6.07, 6.45) is 2.20. The normalized spacial score (nSPS) is 22.2. The predicted molar refractivity (Wildman–Crippen MR) is 104 cm³/mol. The number of allylic oxidation sites excluding steroid dienone is 1. The van der Waals surface area contributed by atoms with Gasteiger partial charge in [0.05, 0.1) is 22.6 Å². The quantitative estimate of drug-likeness (QED) is 0.560. The molecule has 0 unspecified atom stereocenters. The number of halogens is 1. The van der Waals surface area contributed by atoms with Crippen LogP contribution in [0.1, 0.15) is 31.9 Å². The van der Waals surface area contributed by atoms with Crippen molar-refractivity contribution in [2.75, 3.05) is 6.61 Å². The van der Waals surface area contributed by atoms with Gasteiger partial charge in [-0.25, -0.2) is 9.79 Å². The van der Waals surface area contributed by atoms with E-state index in [1.54, 1.807) is 24.0 Å². The first-order chi connectivity index (χ1) is 12.5. The van der Waals surface area contributed by atoms with Crippen LogP contribution in [0.3, 0.4) is 0 Å². The van der Waals surface area contributed by atoms with Crippen molar-refractivity contribution in [2.24, 2.45) is 4.99 Å². The van der Waals surface area contributed by atoms with Gasteiger partial charge in [0.25, 0.3) is 0 Å². The third kappa shape index (κ3) is 3.31. The van der Waals surface area contributed by atoms with Gasteiger partial charge in [-0.05, 0) is 31.0 Å². The van der Waals surface area contributed by atoms with Crippen LogP contribution in [-0.4, -0.2) is 33.8 Å². The number of nitrogens with zero attached hydrogens (tertiary/aromatic N) is 2. The summed E-state index contributed by atoms with van der Waals surface area (Å²) in [6, 6.07) is 6.56. The molecule has 0 N–H and O–H groups in total. The third-order valence-corrected chi connectivity index (χ3v) is 5.83. The van der Waals surface area contributed by atoms with E-state index in [1.165, 1.54) is 17.8 Å². The van der Waals surface area contributed by atoms with Gasteiger partial charge in [0.1, 0.15) is 6.61 Å². The second-order valence-corrected chi connectivity index (χ2v) is 7.56. The number of rotatable bonds is 5. The number of carbonyl (C=O) groups is 2. The van der Waals surface area contributed by atoms with Crippen LogP contribution in [0.5, 0.6) is 0 Å². The SMILES string of the molecule is C=CCOC(=O)C1=C(C)N=C2S[C@H](CC)C(=O)N2[C@@H]1c1ccc(Cl)cc1. The minimum Gasteiger partial charge on any atom is -0.458 e. The summed E-state index contributed by atoms with van der Waals surface area (Å²) in [6.45, 7) is 7.39. The molecule has 1 aromatic carbocycles. The Hall–Kier alpha value is -2.05. The van der Waals surface area contributed by atoms with E-state index in [4.69, 9.17) is 16.3 Å². The van der Waals surface area contributed by atoms with Gasteiger partial charge < -0.3 is 4.74 Å². The fraction of sp³-hybridized carbons (Fsp3) is 0.316. The average molecular weight is 391 g/mol. The number of ether oxygens (including phenoxy) is 1. The number of amides is 1. The number of hydrogen-bond donors (Lipinski definition) is 0. The lowest BCUT2D eigenvalue weighted by atomic mass is 9.94.